The van der Waals surface area contributed by atoms with Crippen LogP contribution >= 0.6 is 0 Å². The molecule has 0 saturated carbocycles. The summed E-state index contributed by atoms with van der Waals surface area (Å²) in [6.45, 7) is 2.89. The molecule has 1 aliphatic carbocycles. The average Bonchev–Trinajstić information content (AvgIpc) is 2.80. The Kier molecular flexibility index (Phi) is 9.45. The first kappa shape index (κ1) is 23.4. The minimum atomic E-state index is 0.304. The molecule has 0 bridgehead atoms. The number of hydrogen-bond donors (Lipinski definition) is 1. The molecule has 0 saturated heterocycles. The van der Waals surface area contributed by atoms with Crippen LogP contribution in [-0.4, -0.2) is 23.4 Å². The lowest BCUT2D eigenvalue weighted by molar-refractivity contribution is -0.133. The fraction of sp³-hybridized carbons (Fsp3) is 0.536. The van der Waals surface area contributed by atoms with Crippen LogP contribution in [-0.2, 0) is 24.1 Å². The van der Waals surface area contributed by atoms with Crippen LogP contribution in [0.2, 0.25) is 0 Å². The number of benzene rings is 2. The van der Waals surface area contributed by atoms with Gasteiger partial charge in [-0.05, 0) is 61.3 Å². The number of fused-ring (bicyclic) bond motifs is 1. The number of anilines is 1. The molecule has 2 aromatic carbocycles. The summed E-state index contributed by atoms with van der Waals surface area (Å²) >= 11 is 0. The number of rotatable bonds is 12. The number of nitrogens with zero attached hydrogens (tertiary/aromatic N) is 1. The van der Waals surface area contributed by atoms with Gasteiger partial charge in [-0.25, -0.2) is 0 Å². The largest absolute Gasteiger partial charge is 0.398 e. The second-order valence-corrected chi connectivity index (χ2v) is 9.03. The van der Waals surface area contributed by atoms with Crippen molar-refractivity contribution in [3.63, 3.8) is 0 Å². The molecule has 3 heteroatoms. The number of nitrogens with two attached hydrogens (primary N) is 1. The van der Waals surface area contributed by atoms with Gasteiger partial charge in [0.15, 0.2) is 0 Å². The quantitative estimate of drug-likeness (QED) is 0.322. The van der Waals surface area contributed by atoms with Crippen LogP contribution < -0.4 is 5.73 Å². The van der Waals surface area contributed by atoms with Crippen molar-refractivity contribution >= 4 is 11.6 Å². The van der Waals surface area contributed by atoms with Crippen LogP contribution in [0.25, 0.3) is 0 Å². The van der Waals surface area contributed by atoms with Crippen molar-refractivity contribution in [3.05, 3.63) is 65.2 Å². The van der Waals surface area contributed by atoms with E-state index < -0.39 is 0 Å². The monoisotopic (exact) mass is 420 g/mol. The highest BCUT2D eigenvalue weighted by atomic mass is 16.2. The van der Waals surface area contributed by atoms with Gasteiger partial charge in [-0.2, -0.15) is 0 Å². The minimum absolute atomic E-state index is 0.304. The van der Waals surface area contributed by atoms with E-state index in [1.54, 1.807) is 0 Å². The molecule has 3 nitrogen and oxygen atoms in total. The van der Waals surface area contributed by atoms with Gasteiger partial charge in [0.25, 0.3) is 0 Å². The molecule has 3 rings (SSSR count). The van der Waals surface area contributed by atoms with Crippen molar-refractivity contribution < 1.29 is 4.79 Å². The van der Waals surface area contributed by atoms with Gasteiger partial charge in [0.05, 0.1) is 0 Å². The number of nitrogen functional groups attached to an aromatic ring is 1. The number of aryl methyl sites for hydroxylation is 1. The number of amides is 1. The Morgan fingerprint density at radius 1 is 0.935 bits per heavy atom. The molecule has 1 unspecified atom stereocenters. The molecule has 1 amide bonds. The predicted molar refractivity (Wildman–Crippen MR) is 131 cm³/mol. The summed E-state index contributed by atoms with van der Waals surface area (Å²) in [7, 11) is 0. The van der Waals surface area contributed by atoms with Crippen LogP contribution in [0.4, 0.5) is 5.69 Å². The van der Waals surface area contributed by atoms with Crippen molar-refractivity contribution in [2.75, 3.05) is 12.3 Å². The minimum Gasteiger partial charge on any atom is -0.398 e. The third-order valence-corrected chi connectivity index (χ3v) is 6.76. The van der Waals surface area contributed by atoms with E-state index in [-0.39, 0.29) is 0 Å². The molecular weight excluding hydrogens is 380 g/mol. The van der Waals surface area contributed by atoms with Gasteiger partial charge in [-0.1, -0.05) is 81.5 Å². The molecule has 0 spiro atoms. The lowest BCUT2D eigenvalue weighted by atomic mass is 9.86. The number of unbranched alkanes of at least 4 members (excludes halogenated alkanes) is 6. The van der Waals surface area contributed by atoms with Gasteiger partial charge in [-0.3, -0.25) is 4.79 Å². The molecular formula is C28H40N2O. The van der Waals surface area contributed by atoms with Gasteiger partial charge in [0.1, 0.15) is 0 Å². The van der Waals surface area contributed by atoms with E-state index in [4.69, 9.17) is 5.73 Å². The van der Waals surface area contributed by atoms with E-state index in [0.717, 1.165) is 37.9 Å². The van der Waals surface area contributed by atoms with E-state index in [1.807, 2.05) is 19.1 Å². The van der Waals surface area contributed by atoms with Crippen LogP contribution in [0.1, 0.15) is 81.4 Å². The van der Waals surface area contributed by atoms with Crippen molar-refractivity contribution in [1.29, 1.82) is 0 Å². The molecule has 0 radical (unpaired) electrons. The van der Waals surface area contributed by atoms with Crippen molar-refractivity contribution in [3.8, 4) is 0 Å². The van der Waals surface area contributed by atoms with Gasteiger partial charge < -0.3 is 10.6 Å². The number of hydrogen-bond acceptors (Lipinski definition) is 2. The van der Waals surface area contributed by atoms with E-state index in [2.05, 4.69) is 41.3 Å². The maximum absolute atomic E-state index is 12.6. The SMILES string of the molecule is CCC(=O)N(CCCCCCCCCc1ccccc1)C1CCc2c(N)cccc2C1. The normalized spacial score (nSPS) is 15.5. The molecule has 1 aliphatic rings. The van der Waals surface area contributed by atoms with Crippen LogP contribution in [0.5, 0.6) is 0 Å². The molecule has 2 N–H and O–H groups in total. The molecule has 0 aromatic heterocycles. The summed E-state index contributed by atoms with van der Waals surface area (Å²) in [6, 6.07) is 17.4. The first-order valence-electron chi connectivity index (χ1n) is 12.4. The molecule has 0 heterocycles. The summed E-state index contributed by atoms with van der Waals surface area (Å²) in [5.41, 5.74) is 11.2. The second kappa shape index (κ2) is 12.5. The van der Waals surface area contributed by atoms with E-state index in [9.17, 15) is 4.79 Å². The number of carbonyl (C=O) groups is 1. The highest BCUT2D eigenvalue weighted by Gasteiger charge is 2.27. The van der Waals surface area contributed by atoms with Gasteiger partial charge in [0.2, 0.25) is 5.91 Å². The Balaban J connectivity index is 1.34. The van der Waals surface area contributed by atoms with E-state index in [0.29, 0.717) is 18.4 Å². The number of carbonyl (C=O) groups excluding carboxylic acids is 1. The third kappa shape index (κ3) is 7.12. The first-order valence-corrected chi connectivity index (χ1v) is 12.4. The topological polar surface area (TPSA) is 46.3 Å². The summed E-state index contributed by atoms with van der Waals surface area (Å²) in [5, 5.41) is 0. The Morgan fingerprint density at radius 3 is 2.39 bits per heavy atom. The highest BCUT2D eigenvalue weighted by Crippen LogP contribution is 2.29. The van der Waals surface area contributed by atoms with Gasteiger partial charge in [0, 0.05) is 24.7 Å². The van der Waals surface area contributed by atoms with E-state index in [1.165, 1.54) is 61.6 Å². The fourth-order valence-electron chi connectivity index (χ4n) is 4.94. The lowest BCUT2D eigenvalue weighted by Gasteiger charge is -2.35. The van der Waals surface area contributed by atoms with Crippen LogP contribution in [0.15, 0.2) is 48.5 Å². The van der Waals surface area contributed by atoms with Crippen LogP contribution in [0, 0.1) is 0 Å². The van der Waals surface area contributed by atoms with Crippen molar-refractivity contribution in [1.82, 2.24) is 4.90 Å². The summed E-state index contributed by atoms with van der Waals surface area (Å²) in [5.74, 6) is 0.304. The highest BCUT2D eigenvalue weighted by molar-refractivity contribution is 5.76. The standard InChI is InChI=1S/C28H40N2O/c1-2-28(31)30(25-19-20-26-24(22-25)17-13-18-27(26)29)21-12-7-5-3-4-6-9-14-23-15-10-8-11-16-23/h8,10-11,13,15-18,25H,2-7,9,12,14,19-22,29H2,1H3. The van der Waals surface area contributed by atoms with Crippen molar-refractivity contribution in [2.45, 2.75) is 90.0 Å². The summed E-state index contributed by atoms with van der Waals surface area (Å²) < 4.78 is 0. The molecule has 1 atom stereocenters. The van der Waals surface area contributed by atoms with Crippen LogP contribution in [0.3, 0.4) is 0 Å². The third-order valence-electron chi connectivity index (χ3n) is 6.76. The smallest absolute Gasteiger partial charge is 0.222 e. The summed E-state index contributed by atoms with van der Waals surface area (Å²) in [6.07, 6.45) is 13.6. The Morgan fingerprint density at radius 2 is 1.65 bits per heavy atom. The summed E-state index contributed by atoms with van der Waals surface area (Å²) in [4.78, 5) is 14.8. The predicted octanol–water partition coefficient (Wildman–Crippen LogP) is 6.34. The molecule has 31 heavy (non-hydrogen) atoms. The molecule has 168 valence electrons. The zero-order valence-electron chi connectivity index (χ0n) is 19.3. The zero-order valence-corrected chi connectivity index (χ0v) is 19.3. The lowest BCUT2D eigenvalue weighted by Crippen LogP contribution is -2.43. The van der Waals surface area contributed by atoms with Gasteiger partial charge >= 0.3 is 0 Å². The molecule has 0 fully saturated rings. The molecule has 2 aromatic rings. The maximum Gasteiger partial charge on any atom is 0.222 e. The van der Waals surface area contributed by atoms with Gasteiger partial charge in [-0.15, -0.1) is 0 Å². The average molecular weight is 421 g/mol. The Labute approximate surface area is 189 Å². The van der Waals surface area contributed by atoms with E-state index >= 15 is 0 Å². The molecule has 0 aliphatic heterocycles. The zero-order chi connectivity index (χ0) is 21.9. The Hall–Kier alpha value is -2.29. The Bertz CT molecular complexity index is 802. The first-order chi connectivity index (χ1) is 15.2. The van der Waals surface area contributed by atoms with Crippen molar-refractivity contribution in [2.24, 2.45) is 0 Å². The fourth-order valence-corrected chi connectivity index (χ4v) is 4.94. The maximum atomic E-state index is 12.6. The second-order valence-electron chi connectivity index (χ2n) is 9.03.